The smallest absolute Gasteiger partial charge is 0.406 e. The molecule has 0 atom stereocenters. The van der Waals surface area contributed by atoms with Gasteiger partial charge in [-0.15, -0.1) is 13.2 Å². The molecule has 24 heavy (non-hydrogen) atoms. The lowest BCUT2D eigenvalue weighted by molar-refractivity contribution is -0.274. The van der Waals surface area contributed by atoms with Crippen LogP contribution in [0.4, 0.5) is 26.3 Å². The molecule has 0 N–H and O–H groups in total. The lowest BCUT2D eigenvalue weighted by Gasteiger charge is -2.14. The molecule has 0 fully saturated rings. The Morgan fingerprint density at radius 1 is 0.917 bits per heavy atom. The molecule has 8 heteroatoms. The summed E-state index contributed by atoms with van der Waals surface area (Å²) in [5.41, 5.74) is -0.703. The van der Waals surface area contributed by atoms with Gasteiger partial charge in [-0.25, -0.2) is 0 Å². The van der Waals surface area contributed by atoms with Gasteiger partial charge in [0.15, 0.2) is 0 Å². The minimum Gasteiger partial charge on any atom is -0.406 e. The van der Waals surface area contributed by atoms with E-state index in [1.54, 1.807) is 6.07 Å². The highest BCUT2D eigenvalue weighted by Crippen LogP contribution is 2.35. The molecule has 0 saturated carbocycles. The molecule has 2 aromatic carbocycles. The Kier molecular flexibility index (Phi) is 4.73. The van der Waals surface area contributed by atoms with Gasteiger partial charge in [0.1, 0.15) is 5.75 Å². The number of ether oxygens (including phenoxy) is 1. The maximum atomic E-state index is 12.9. The van der Waals surface area contributed by atoms with Crippen LogP contribution in [-0.4, -0.2) is 6.36 Å². The second kappa shape index (κ2) is 6.43. The predicted octanol–water partition coefficient (Wildman–Crippen LogP) is 5.34. The fraction of sp³-hybridized carbons (Fsp3) is 0.188. The fourth-order valence-corrected chi connectivity index (χ4v) is 2.15. The van der Waals surface area contributed by atoms with Gasteiger partial charge in [-0.3, -0.25) is 0 Å². The molecule has 2 aromatic rings. The van der Waals surface area contributed by atoms with Gasteiger partial charge in [-0.1, -0.05) is 18.2 Å². The first-order chi connectivity index (χ1) is 11.1. The van der Waals surface area contributed by atoms with Crippen molar-refractivity contribution in [2.45, 2.75) is 19.0 Å². The summed E-state index contributed by atoms with van der Waals surface area (Å²) in [4.78, 5) is 0. The average molecular weight is 345 g/mol. The van der Waals surface area contributed by atoms with Crippen LogP contribution in [0.25, 0.3) is 11.1 Å². The number of hydrogen-bond acceptors (Lipinski definition) is 2. The van der Waals surface area contributed by atoms with Crippen molar-refractivity contribution in [2.75, 3.05) is 0 Å². The predicted molar refractivity (Wildman–Crippen MR) is 72.9 cm³/mol. The Labute approximate surface area is 132 Å². The average Bonchev–Trinajstić information content (AvgIpc) is 2.45. The van der Waals surface area contributed by atoms with E-state index in [1.807, 2.05) is 0 Å². The highest BCUT2D eigenvalue weighted by molar-refractivity contribution is 5.66. The first-order valence-corrected chi connectivity index (χ1v) is 6.53. The zero-order valence-corrected chi connectivity index (χ0v) is 11.9. The molecule has 0 heterocycles. The van der Waals surface area contributed by atoms with Crippen molar-refractivity contribution < 1.29 is 31.1 Å². The fourth-order valence-electron chi connectivity index (χ4n) is 2.15. The molecule has 0 aliphatic rings. The maximum Gasteiger partial charge on any atom is 0.573 e. The van der Waals surface area contributed by atoms with E-state index >= 15 is 0 Å². The maximum absolute atomic E-state index is 12.9. The Bertz CT molecular complexity index is 773. The largest absolute Gasteiger partial charge is 0.573 e. The number of halogens is 6. The van der Waals surface area contributed by atoms with Crippen LogP contribution in [-0.2, 0) is 12.6 Å². The van der Waals surface area contributed by atoms with Crippen LogP contribution in [0.1, 0.15) is 11.1 Å². The molecule has 2 nitrogen and oxygen atoms in total. The normalized spacial score (nSPS) is 11.9. The van der Waals surface area contributed by atoms with Crippen LogP contribution < -0.4 is 4.74 Å². The van der Waals surface area contributed by atoms with Gasteiger partial charge < -0.3 is 4.74 Å². The van der Waals surface area contributed by atoms with Gasteiger partial charge in [0.05, 0.1) is 18.1 Å². The lowest BCUT2D eigenvalue weighted by atomic mass is 9.97. The number of nitriles is 1. The molecule has 0 aliphatic carbocycles. The van der Waals surface area contributed by atoms with Crippen LogP contribution in [0.2, 0.25) is 0 Å². The number of hydrogen-bond donors (Lipinski definition) is 0. The highest BCUT2D eigenvalue weighted by Gasteiger charge is 2.33. The van der Waals surface area contributed by atoms with E-state index in [9.17, 15) is 26.3 Å². The first-order valence-electron chi connectivity index (χ1n) is 6.53. The minimum atomic E-state index is -4.87. The zero-order valence-electron chi connectivity index (χ0n) is 11.9. The first kappa shape index (κ1) is 17.7. The molecule has 126 valence electrons. The number of alkyl halides is 6. The van der Waals surface area contributed by atoms with Gasteiger partial charge in [-0.2, -0.15) is 18.4 Å². The molecule has 0 saturated heterocycles. The third-order valence-electron chi connectivity index (χ3n) is 3.08. The van der Waals surface area contributed by atoms with Crippen LogP contribution in [0, 0.1) is 11.3 Å². The molecule has 0 aliphatic heterocycles. The second-order valence-corrected chi connectivity index (χ2v) is 4.78. The summed E-state index contributed by atoms with van der Waals surface area (Å²) in [6.45, 7) is 0. The SMILES string of the molecule is N#CCc1cc(-c2cccc(OC(F)(F)F)c2)ccc1C(F)(F)F. The molecule has 0 bridgehead atoms. The van der Waals surface area contributed by atoms with Gasteiger partial charge >= 0.3 is 12.5 Å². The monoisotopic (exact) mass is 345 g/mol. The molecule has 0 unspecified atom stereocenters. The van der Waals surface area contributed by atoms with Crippen molar-refractivity contribution in [2.24, 2.45) is 0 Å². The van der Waals surface area contributed by atoms with Crippen molar-refractivity contribution in [1.29, 1.82) is 5.26 Å². The topological polar surface area (TPSA) is 33.0 Å². The van der Waals surface area contributed by atoms with E-state index in [4.69, 9.17) is 5.26 Å². The quantitative estimate of drug-likeness (QED) is 0.704. The van der Waals surface area contributed by atoms with Crippen molar-refractivity contribution in [3.8, 4) is 22.9 Å². The van der Waals surface area contributed by atoms with Gasteiger partial charge in [-0.05, 0) is 41.0 Å². The van der Waals surface area contributed by atoms with Crippen LogP contribution in [0.15, 0.2) is 42.5 Å². The number of nitrogens with zero attached hydrogens (tertiary/aromatic N) is 1. The number of benzene rings is 2. The molecule has 0 spiro atoms. The van der Waals surface area contributed by atoms with Crippen LogP contribution in [0.3, 0.4) is 0 Å². The molecule has 0 aromatic heterocycles. The third-order valence-corrected chi connectivity index (χ3v) is 3.08. The van der Waals surface area contributed by atoms with Crippen molar-refractivity contribution in [3.63, 3.8) is 0 Å². The Hall–Kier alpha value is -2.69. The summed E-state index contributed by atoms with van der Waals surface area (Å²) in [6, 6.07) is 9.59. The summed E-state index contributed by atoms with van der Waals surface area (Å²) >= 11 is 0. The minimum absolute atomic E-state index is 0.240. The van der Waals surface area contributed by atoms with E-state index in [0.29, 0.717) is 0 Å². The Morgan fingerprint density at radius 2 is 1.58 bits per heavy atom. The van der Waals surface area contributed by atoms with Gasteiger partial charge in [0.2, 0.25) is 0 Å². The zero-order chi connectivity index (χ0) is 18.0. The molecule has 2 rings (SSSR count). The molecular weight excluding hydrogens is 336 g/mol. The summed E-state index contributed by atoms with van der Waals surface area (Å²) in [5.74, 6) is -0.485. The highest BCUT2D eigenvalue weighted by atomic mass is 19.4. The Morgan fingerprint density at radius 3 is 2.17 bits per heavy atom. The second-order valence-electron chi connectivity index (χ2n) is 4.78. The van der Waals surface area contributed by atoms with E-state index in [-0.39, 0.29) is 16.7 Å². The summed E-state index contributed by atoms with van der Waals surface area (Å²) in [6.07, 6.45) is -9.96. The van der Waals surface area contributed by atoms with Gasteiger partial charge in [0, 0.05) is 0 Å². The van der Waals surface area contributed by atoms with Crippen molar-refractivity contribution in [1.82, 2.24) is 0 Å². The van der Waals surface area contributed by atoms with E-state index in [2.05, 4.69) is 4.74 Å². The summed E-state index contributed by atoms with van der Waals surface area (Å²) < 4.78 is 79.2. The van der Waals surface area contributed by atoms with Crippen LogP contribution >= 0.6 is 0 Å². The van der Waals surface area contributed by atoms with E-state index < -0.39 is 30.3 Å². The number of rotatable bonds is 3. The van der Waals surface area contributed by atoms with E-state index in [0.717, 1.165) is 30.3 Å². The van der Waals surface area contributed by atoms with Gasteiger partial charge in [0.25, 0.3) is 0 Å². The van der Waals surface area contributed by atoms with Crippen LogP contribution in [0.5, 0.6) is 5.75 Å². The molecular formula is C16H9F6NO. The summed E-state index contributed by atoms with van der Waals surface area (Å²) in [5, 5.41) is 8.68. The van der Waals surface area contributed by atoms with Crippen molar-refractivity contribution in [3.05, 3.63) is 53.6 Å². The third kappa shape index (κ3) is 4.41. The van der Waals surface area contributed by atoms with E-state index in [1.165, 1.54) is 12.1 Å². The summed E-state index contributed by atoms with van der Waals surface area (Å²) in [7, 11) is 0. The lowest BCUT2D eigenvalue weighted by Crippen LogP contribution is -2.17. The Balaban J connectivity index is 2.45. The molecule has 0 radical (unpaired) electrons. The van der Waals surface area contributed by atoms with Crippen molar-refractivity contribution >= 4 is 0 Å². The standard InChI is InChI=1S/C16H9F6NO/c17-15(18,19)14-5-4-11(8-12(14)6-7-23)10-2-1-3-13(9-10)24-16(20,21)22/h1-5,8-9H,6H2. The molecule has 0 amide bonds.